The molecule has 2 aromatic rings. The van der Waals surface area contributed by atoms with Crippen LogP contribution in [0.2, 0.25) is 0 Å². The number of fused-ring (bicyclic) bond motifs is 2. The van der Waals surface area contributed by atoms with Crippen molar-refractivity contribution in [1.82, 2.24) is 4.98 Å². The molecule has 0 aliphatic carbocycles. The highest BCUT2D eigenvalue weighted by atomic mass is 32.2. The van der Waals surface area contributed by atoms with Gasteiger partial charge in [-0.15, -0.1) is 11.8 Å². The summed E-state index contributed by atoms with van der Waals surface area (Å²) < 4.78 is 0. The lowest BCUT2D eigenvalue weighted by molar-refractivity contribution is 0.459. The Hall–Kier alpha value is -2.13. The number of thioether (sulfide) groups is 1. The normalized spacial score (nSPS) is 13.7. The van der Waals surface area contributed by atoms with Crippen LogP contribution in [-0.2, 0) is 0 Å². The molecule has 3 N–H and O–H groups in total. The SMILES string of the molecule is N#Cc1ccc2c(O)c3c(c(O)c2n1)NCCS3. The summed E-state index contributed by atoms with van der Waals surface area (Å²) in [7, 11) is 0. The van der Waals surface area contributed by atoms with E-state index >= 15 is 0 Å². The van der Waals surface area contributed by atoms with E-state index in [1.165, 1.54) is 17.8 Å². The van der Waals surface area contributed by atoms with E-state index in [0.29, 0.717) is 22.5 Å². The summed E-state index contributed by atoms with van der Waals surface area (Å²) in [5.41, 5.74) is 0.958. The second kappa shape index (κ2) is 3.96. The second-order valence-corrected chi connectivity index (χ2v) is 4.99. The number of nitriles is 1. The molecule has 0 saturated carbocycles. The molecule has 1 aromatic carbocycles. The third kappa shape index (κ3) is 1.45. The first-order valence-corrected chi connectivity index (χ1v) is 6.36. The van der Waals surface area contributed by atoms with Gasteiger partial charge in [0.05, 0.1) is 10.6 Å². The van der Waals surface area contributed by atoms with Gasteiger partial charge in [-0.05, 0) is 12.1 Å². The summed E-state index contributed by atoms with van der Waals surface area (Å²) in [6.45, 7) is 0.716. The molecule has 1 aliphatic heterocycles. The highest BCUT2D eigenvalue weighted by Gasteiger charge is 2.22. The number of aromatic nitrogens is 1. The van der Waals surface area contributed by atoms with Gasteiger partial charge < -0.3 is 15.5 Å². The van der Waals surface area contributed by atoms with Gasteiger partial charge in [-0.3, -0.25) is 0 Å². The number of rotatable bonds is 0. The minimum atomic E-state index is -0.0119. The predicted octanol–water partition coefficient (Wildman–Crippen LogP) is 2.04. The first-order valence-electron chi connectivity index (χ1n) is 5.38. The van der Waals surface area contributed by atoms with Crippen LogP contribution in [0, 0.1) is 11.3 Å². The zero-order valence-corrected chi connectivity index (χ0v) is 10.1. The Balaban J connectivity index is 2.41. The number of hydrogen-bond donors (Lipinski definition) is 3. The number of nitrogens with one attached hydrogen (secondary N) is 1. The summed E-state index contributed by atoms with van der Waals surface area (Å²) >= 11 is 1.49. The van der Waals surface area contributed by atoms with Gasteiger partial charge in [0.25, 0.3) is 0 Å². The second-order valence-electron chi connectivity index (χ2n) is 3.88. The quantitative estimate of drug-likeness (QED) is 0.495. The van der Waals surface area contributed by atoms with Crippen molar-refractivity contribution >= 4 is 28.4 Å². The third-order valence-corrected chi connectivity index (χ3v) is 3.91. The van der Waals surface area contributed by atoms with Gasteiger partial charge in [-0.2, -0.15) is 5.26 Å². The van der Waals surface area contributed by atoms with E-state index in [9.17, 15) is 10.2 Å². The molecule has 0 atom stereocenters. The van der Waals surface area contributed by atoms with E-state index in [0.717, 1.165) is 5.75 Å². The fourth-order valence-electron chi connectivity index (χ4n) is 1.99. The number of pyridine rings is 1. The standard InChI is InChI=1S/C12H9N3O2S/c13-5-6-1-2-7-8(15-6)11(17)9-12(10(7)16)18-4-3-14-9/h1-2,14,16-17H,3-4H2. The van der Waals surface area contributed by atoms with E-state index < -0.39 is 0 Å². The maximum absolute atomic E-state index is 10.2. The molecule has 2 heterocycles. The Morgan fingerprint density at radius 1 is 1.33 bits per heavy atom. The molecular formula is C12H9N3O2S. The van der Waals surface area contributed by atoms with Crippen molar-refractivity contribution in [2.45, 2.75) is 4.90 Å². The number of hydrogen-bond acceptors (Lipinski definition) is 6. The number of phenols is 2. The number of benzene rings is 1. The lowest BCUT2D eigenvalue weighted by Gasteiger charge is -2.21. The van der Waals surface area contributed by atoms with Crippen molar-refractivity contribution in [2.24, 2.45) is 0 Å². The Bertz CT molecular complexity index is 694. The lowest BCUT2D eigenvalue weighted by Crippen LogP contribution is -2.10. The fourth-order valence-corrected chi connectivity index (χ4v) is 2.96. The van der Waals surface area contributed by atoms with E-state index in [1.54, 1.807) is 6.07 Å². The molecule has 1 aliphatic rings. The van der Waals surface area contributed by atoms with Gasteiger partial charge in [0.1, 0.15) is 23.0 Å². The molecule has 18 heavy (non-hydrogen) atoms. The van der Waals surface area contributed by atoms with Gasteiger partial charge in [0, 0.05) is 17.7 Å². The molecule has 3 rings (SSSR count). The minimum absolute atomic E-state index is 0.0119. The van der Waals surface area contributed by atoms with Crippen molar-refractivity contribution in [3.8, 4) is 17.6 Å². The number of aromatic hydroxyl groups is 2. The fraction of sp³-hybridized carbons (Fsp3) is 0.167. The van der Waals surface area contributed by atoms with Gasteiger partial charge >= 0.3 is 0 Å². The van der Waals surface area contributed by atoms with Crippen molar-refractivity contribution in [1.29, 1.82) is 5.26 Å². The summed E-state index contributed by atoms with van der Waals surface area (Å²) in [4.78, 5) is 4.68. The van der Waals surface area contributed by atoms with Crippen LogP contribution in [-0.4, -0.2) is 27.5 Å². The molecular weight excluding hydrogens is 250 g/mol. The van der Waals surface area contributed by atoms with Gasteiger partial charge in [0.2, 0.25) is 0 Å². The molecule has 0 unspecified atom stereocenters. The maximum Gasteiger partial charge on any atom is 0.166 e. The van der Waals surface area contributed by atoms with Crippen LogP contribution in [0.5, 0.6) is 11.5 Å². The molecule has 0 bridgehead atoms. The van der Waals surface area contributed by atoms with E-state index in [4.69, 9.17) is 5.26 Å². The average molecular weight is 259 g/mol. The first kappa shape index (κ1) is 11.0. The largest absolute Gasteiger partial charge is 0.506 e. The highest BCUT2D eigenvalue weighted by molar-refractivity contribution is 7.99. The maximum atomic E-state index is 10.2. The number of anilines is 1. The number of nitrogens with zero attached hydrogens (tertiary/aromatic N) is 2. The molecule has 90 valence electrons. The summed E-state index contributed by atoms with van der Waals surface area (Å²) in [6, 6.07) is 5.04. The van der Waals surface area contributed by atoms with Gasteiger partial charge in [-0.1, -0.05) is 0 Å². The Morgan fingerprint density at radius 2 is 2.17 bits per heavy atom. The number of phenolic OH excluding ortho intramolecular Hbond substituents is 2. The first-order chi connectivity index (χ1) is 8.72. The molecule has 0 saturated heterocycles. The zero-order valence-electron chi connectivity index (χ0n) is 9.27. The molecule has 5 nitrogen and oxygen atoms in total. The highest BCUT2D eigenvalue weighted by Crippen LogP contribution is 2.48. The monoisotopic (exact) mass is 259 g/mol. The van der Waals surface area contributed by atoms with Crippen LogP contribution in [0.3, 0.4) is 0 Å². The van der Waals surface area contributed by atoms with Crippen LogP contribution in [0.1, 0.15) is 5.69 Å². The van der Waals surface area contributed by atoms with Gasteiger partial charge in [-0.25, -0.2) is 4.98 Å². The van der Waals surface area contributed by atoms with Crippen LogP contribution in [0.4, 0.5) is 5.69 Å². The predicted molar refractivity (Wildman–Crippen MR) is 69.0 cm³/mol. The molecule has 6 heteroatoms. The van der Waals surface area contributed by atoms with Crippen LogP contribution < -0.4 is 5.32 Å². The van der Waals surface area contributed by atoms with E-state index in [2.05, 4.69) is 10.3 Å². The Kier molecular flexibility index (Phi) is 2.42. The minimum Gasteiger partial charge on any atom is -0.506 e. The molecule has 0 amide bonds. The average Bonchev–Trinajstić information content (AvgIpc) is 2.44. The van der Waals surface area contributed by atoms with Crippen LogP contribution in [0.25, 0.3) is 10.9 Å². The van der Waals surface area contributed by atoms with Crippen molar-refractivity contribution < 1.29 is 10.2 Å². The Labute approximate surface area is 107 Å². The smallest absolute Gasteiger partial charge is 0.166 e. The molecule has 0 spiro atoms. The lowest BCUT2D eigenvalue weighted by atomic mass is 10.1. The van der Waals surface area contributed by atoms with E-state index in [-0.39, 0.29) is 22.7 Å². The topological polar surface area (TPSA) is 89.2 Å². The summed E-state index contributed by atoms with van der Waals surface area (Å²) in [6.07, 6.45) is 0. The Morgan fingerprint density at radius 3 is 2.94 bits per heavy atom. The van der Waals surface area contributed by atoms with Crippen molar-refractivity contribution in [3.63, 3.8) is 0 Å². The molecule has 0 fully saturated rings. The van der Waals surface area contributed by atoms with Crippen molar-refractivity contribution in [3.05, 3.63) is 17.8 Å². The third-order valence-electron chi connectivity index (χ3n) is 2.82. The molecule has 0 radical (unpaired) electrons. The van der Waals surface area contributed by atoms with Crippen LogP contribution in [0.15, 0.2) is 17.0 Å². The van der Waals surface area contributed by atoms with Crippen LogP contribution >= 0.6 is 11.8 Å². The molecule has 1 aromatic heterocycles. The van der Waals surface area contributed by atoms with E-state index in [1.807, 2.05) is 6.07 Å². The van der Waals surface area contributed by atoms with Gasteiger partial charge in [0.15, 0.2) is 5.75 Å². The van der Waals surface area contributed by atoms with Crippen molar-refractivity contribution in [2.75, 3.05) is 17.6 Å². The zero-order chi connectivity index (χ0) is 12.7. The summed E-state index contributed by atoms with van der Waals surface area (Å²) in [5, 5.41) is 32.7. The summed E-state index contributed by atoms with van der Waals surface area (Å²) in [5.74, 6) is 0.920.